The van der Waals surface area contributed by atoms with Gasteiger partial charge in [0.05, 0.1) is 0 Å². The van der Waals surface area contributed by atoms with Crippen molar-refractivity contribution in [1.82, 2.24) is 0 Å². The fourth-order valence-electron chi connectivity index (χ4n) is 6.09. The molecule has 116 valence electrons. The van der Waals surface area contributed by atoms with Crippen molar-refractivity contribution in [1.29, 1.82) is 0 Å². The summed E-state index contributed by atoms with van der Waals surface area (Å²) < 4.78 is 0. The first-order chi connectivity index (χ1) is 10.8. The van der Waals surface area contributed by atoms with Gasteiger partial charge in [0.2, 0.25) is 0 Å². The van der Waals surface area contributed by atoms with Crippen molar-refractivity contribution in [3.8, 4) is 0 Å². The lowest BCUT2D eigenvalue weighted by atomic mass is 9.64. The summed E-state index contributed by atoms with van der Waals surface area (Å²) in [4.78, 5) is 0. The molecule has 0 heteroatoms. The minimum Gasteiger partial charge on any atom is -0.0850 e. The summed E-state index contributed by atoms with van der Waals surface area (Å²) in [5.41, 5.74) is 7.49. The van der Waals surface area contributed by atoms with Crippen LogP contribution in [0, 0.1) is 11.3 Å². The molecule has 0 aliphatic heterocycles. The summed E-state index contributed by atoms with van der Waals surface area (Å²) in [6, 6.07) is 7.60. The molecule has 2 unspecified atom stereocenters. The minimum atomic E-state index is 0.656. The van der Waals surface area contributed by atoms with Gasteiger partial charge in [-0.1, -0.05) is 49.1 Å². The highest BCUT2D eigenvalue weighted by molar-refractivity contribution is 5.39. The Morgan fingerprint density at radius 2 is 1.86 bits per heavy atom. The van der Waals surface area contributed by atoms with Gasteiger partial charge in [-0.2, -0.15) is 0 Å². The Bertz CT molecular complexity index is 617. The zero-order valence-corrected chi connectivity index (χ0v) is 13.7. The molecule has 2 atom stereocenters. The van der Waals surface area contributed by atoms with E-state index in [1.54, 1.807) is 22.3 Å². The van der Waals surface area contributed by atoms with Crippen LogP contribution < -0.4 is 0 Å². The summed E-state index contributed by atoms with van der Waals surface area (Å²) in [7, 11) is 0. The van der Waals surface area contributed by atoms with E-state index in [1.807, 2.05) is 0 Å². The number of aryl methyl sites for hydroxylation is 1. The van der Waals surface area contributed by atoms with Crippen LogP contribution in [0.4, 0.5) is 0 Å². The Kier molecular flexibility index (Phi) is 3.03. The molecule has 2 saturated carbocycles. The molecule has 0 heterocycles. The average Bonchev–Trinajstić information content (AvgIpc) is 3.16. The molecule has 0 saturated heterocycles. The molecule has 4 aliphatic rings. The molecule has 4 aliphatic carbocycles. The monoisotopic (exact) mass is 292 g/mol. The maximum Gasteiger partial charge on any atom is -0.0162 e. The lowest BCUT2D eigenvalue weighted by Gasteiger charge is -2.41. The SMILES string of the molecule is C1=C2CC(C1)C1(CCc3cc(C4CCCCC4)ccc3C1)C2. The van der Waals surface area contributed by atoms with Crippen LogP contribution in [0.1, 0.15) is 80.4 Å². The van der Waals surface area contributed by atoms with Crippen LogP contribution in [-0.4, -0.2) is 0 Å². The van der Waals surface area contributed by atoms with Gasteiger partial charge in [-0.25, -0.2) is 0 Å². The van der Waals surface area contributed by atoms with Gasteiger partial charge in [-0.3, -0.25) is 0 Å². The molecular formula is C22H28. The van der Waals surface area contributed by atoms with E-state index in [9.17, 15) is 0 Å². The van der Waals surface area contributed by atoms with Crippen LogP contribution in [0.15, 0.2) is 29.8 Å². The number of fused-ring (bicyclic) bond motifs is 4. The summed E-state index contributed by atoms with van der Waals surface area (Å²) in [5, 5.41) is 0. The topological polar surface area (TPSA) is 0 Å². The molecule has 0 amide bonds. The summed E-state index contributed by atoms with van der Waals surface area (Å²) in [6.45, 7) is 0. The molecule has 5 rings (SSSR count). The fraction of sp³-hybridized carbons (Fsp3) is 0.636. The Hall–Kier alpha value is -1.04. The van der Waals surface area contributed by atoms with Crippen molar-refractivity contribution in [2.75, 3.05) is 0 Å². The van der Waals surface area contributed by atoms with Crippen LogP contribution in [-0.2, 0) is 12.8 Å². The maximum absolute atomic E-state index is 2.60. The largest absolute Gasteiger partial charge is 0.0850 e. The highest BCUT2D eigenvalue weighted by atomic mass is 14.5. The second kappa shape index (κ2) is 4.98. The Morgan fingerprint density at radius 3 is 2.64 bits per heavy atom. The van der Waals surface area contributed by atoms with Crippen molar-refractivity contribution in [2.24, 2.45) is 11.3 Å². The van der Waals surface area contributed by atoms with Crippen molar-refractivity contribution < 1.29 is 0 Å². The Labute approximate surface area is 135 Å². The number of hydrogen-bond acceptors (Lipinski definition) is 0. The van der Waals surface area contributed by atoms with Crippen molar-refractivity contribution in [2.45, 2.75) is 76.5 Å². The van der Waals surface area contributed by atoms with E-state index < -0.39 is 0 Å². The third kappa shape index (κ3) is 2.02. The quantitative estimate of drug-likeness (QED) is 0.561. The molecule has 1 aromatic rings. The van der Waals surface area contributed by atoms with Gasteiger partial charge in [0, 0.05) is 0 Å². The van der Waals surface area contributed by atoms with Crippen molar-refractivity contribution in [3.05, 3.63) is 46.5 Å². The molecule has 0 nitrogen and oxygen atoms in total. The van der Waals surface area contributed by atoms with Crippen molar-refractivity contribution >= 4 is 0 Å². The Balaban J connectivity index is 1.41. The first-order valence-corrected chi connectivity index (χ1v) is 9.62. The van der Waals surface area contributed by atoms with E-state index in [4.69, 9.17) is 0 Å². The molecule has 0 N–H and O–H groups in total. The molecule has 1 spiro atoms. The number of hydrogen-bond donors (Lipinski definition) is 0. The van der Waals surface area contributed by atoms with E-state index in [-0.39, 0.29) is 0 Å². The molecule has 2 bridgehead atoms. The zero-order valence-electron chi connectivity index (χ0n) is 13.7. The van der Waals surface area contributed by atoms with E-state index in [0.29, 0.717) is 5.41 Å². The molecular weight excluding hydrogens is 264 g/mol. The fourth-order valence-corrected chi connectivity index (χ4v) is 6.09. The maximum atomic E-state index is 2.60. The number of allylic oxidation sites excluding steroid dienone is 2. The van der Waals surface area contributed by atoms with Crippen LogP contribution in [0.5, 0.6) is 0 Å². The van der Waals surface area contributed by atoms with Crippen LogP contribution in [0.2, 0.25) is 0 Å². The van der Waals surface area contributed by atoms with Gasteiger partial charge in [-0.15, -0.1) is 0 Å². The zero-order chi connectivity index (χ0) is 14.6. The highest BCUT2D eigenvalue weighted by Crippen LogP contribution is 2.58. The number of rotatable bonds is 1. The second-order valence-electron chi connectivity index (χ2n) is 8.58. The van der Waals surface area contributed by atoms with Crippen LogP contribution >= 0.6 is 0 Å². The average molecular weight is 292 g/mol. The number of benzene rings is 1. The van der Waals surface area contributed by atoms with Crippen LogP contribution in [0.3, 0.4) is 0 Å². The van der Waals surface area contributed by atoms with Gasteiger partial charge < -0.3 is 0 Å². The standard InChI is InChI=1S/C22H28/c1-2-4-17(5-3-1)18-7-8-20-15-22(11-10-19(20)13-18)14-16-6-9-21(22)12-16/h6-8,13,17,21H,1-5,9-12,14-15H2. The molecule has 0 radical (unpaired) electrons. The molecule has 2 fully saturated rings. The summed E-state index contributed by atoms with van der Waals surface area (Å²) in [6.07, 6.45) is 18.1. The predicted molar refractivity (Wildman–Crippen MR) is 92.2 cm³/mol. The Morgan fingerprint density at radius 1 is 0.955 bits per heavy atom. The van der Waals surface area contributed by atoms with Gasteiger partial charge in [-0.05, 0) is 85.3 Å². The van der Waals surface area contributed by atoms with E-state index >= 15 is 0 Å². The lowest BCUT2D eigenvalue weighted by Crippen LogP contribution is -2.33. The van der Waals surface area contributed by atoms with E-state index in [1.165, 1.54) is 70.6 Å². The second-order valence-corrected chi connectivity index (χ2v) is 8.58. The highest BCUT2D eigenvalue weighted by Gasteiger charge is 2.48. The first kappa shape index (κ1) is 13.4. The summed E-state index contributed by atoms with van der Waals surface area (Å²) in [5.74, 6) is 1.84. The van der Waals surface area contributed by atoms with E-state index in [2.05, 4.69) is 24.3 Å². The van der Waals surface area contributed by atoms with Gasteiger partial charge in [0.15, 0.2) is 0 Å². The lowest BCUT2D eigenvalue weighted by molar-refractivity contribution is 0.168. The minimum absolute atomic E-state index is 0.656. The summed E-state index contributed by atoms with van der Waals surface area (Å²) >= 11 is 0. The first-order valence-electron chi connectivity index (χ1n) is 9.62. The third-order valence-electron chi connectivity index (χ3n) is 7.39. The van der Waals surface area contributed by atoms with Crippen LogP contribution in [0.25, 0.3) is 0 Å². The predicted octanol–water partition coefficient (Wildman–Crippen LogP) is 5.95. The smallest absolute Gasteiger partial charge is 0.0162 e. The van der Waals surface area contributed by atoms with Gasteiger partial charge in [0.25, 0.3) is 0 Å². The van der Waals surface area contributed by atoms with Gasteiger partial charge in [0.1, 0.15) is 0 Å². The van der Waals surface area contributed by atoms with E-state index in [0.717, 1.165) is 11.8 Å². The normalized spacial score (nSPS) is 34.0. The molecule has 22 heavy (non-hydrogen) atoms. The third-order valence-corrected chi connectivity index (χ3v) is 7.39. The molecule has 0 aromatic heterocycles. The van der Waals surface area contributed by atoms with Gasteiger partial charge >= 0.3 is 0 Å². The molecule has 1 aromatic carbocycles. The van der Waals surface area contributed by atoms with Crippen molar-refractivity contribution in [3.63, 3.8) is 0 Å².